The van der Waals surface area contributed by atoms with Gasteiger partial charge in [-0.3, -0.25) is 9.69 Å². The van der Waals surface area contributed by atoms with Gasteiger partial charge in [0.05, 0.1) is 7.11 Å². The Morgan fingerprint density at radius 3 is 2.95 bits per heavy atom. The van der Waals surface area contributed by atoms with Crippen molar-refractivity contribution < 1.29 is 14.3 Å². The Morgan fingerprint density at radius 2 is 2.30 bits per heavy atom. The number of nitrogens with two attached hydrogens (primary N) is 1. The number of rotatable bonds is 7. The Balaban J connectivity index is 2.53. The van der Waals surface area contributed by atoms with Crippen molar-refractivity contribution in [3.8, 4) is 5.75 Å². The maximum atomic E-state index is 11.7. The number of methoxy groups -OCH3 is 1. The van der Waals surface area contributed by atoms with Gasteiger partial charge < -0.3 is 15.8 Å². The molecule has 1 aromatic carbocycles. The topological polar surface area (TPSA) is 84.7 Å². The number of nitrogens with one attached hydrogen (secondary N) is 1. The van der Waals surface area contributed by atoms with Gasteiger partial charge in [-0.05, 0) is 36.7 Å². The molecule has 0 saturated carbocycles. The van der Waals surface area contributed by atoms with Gasteiger partial charge in [0.2, 0.25) is 6.41 Å². The molecule has 0 aliphatic rings. The third-order valence-corrected chi connectivity index (χ3v) is 2.57. The monoisotopic (exact) mass is 277 g/mol. The van der Waals surface area contributed by atoms with Crippen molar-refractivity contribution in [2.75, 3.05) is 20.2 Å². The molecule has 0 bridgehead atoms. The number of carbonyl (C=O) groups is 2. The largest absolute Gasteiger partial charge is 0.497 e. The summed E-state index contributed by atoms with van der Waals surface area (Å²) in [5, 5.41) is 2.52. The maximum Gasteiger partial charge on any atom is 0.327 e. The van der Waals surface area contributed by atoms with Gasteiger partial charge in [0.25, 0.3) is 0 Å². The summed E-state index contributed by atoms with van der Waals surface area (Å²) in [6.07, 6.45) is 4.26. The van der Waals surface area contributed by atoms with Crippen LogP contribution >= 0.6 is 0 Å². The van der Waals surface area contributed by atoms with Crippen molar-refractivity contribution in [2.45, 2.75) is 6.42 Å². The predicted octanol–water partition coefficient (Wildman–Crippen LogP) is 1.18. The van der Waals surface area contributed by atoms with E-state index in [0.717, 1.165) is 16.2 Å². The Morgan fingerprint density at radius 1 is 1.50 bits per heavy atom. The molecule has 0 saturated heterocycles. The van der Waals surface area contributed by atoms with E-state index in [9.17, 15) is 9.59 Å². The van der Waals surface area contributed by atoms with E-state index in [2.05, 4.69) is 5.32 Å². The SMILES string of the molecule is COc1cccc(/C=C/NC(=O)N(C=O)CCCN)c1. The van der Waals surface area contributed by atoms with Gasteiger partial charge >= 0.3 is 6.03 Å². The molecule has 1 aromatic rings. The number of amides is 3. The molecule has 0 aliphatic carbocycles. The second-order valence-electron chi connectivity index (χ2n) is 4.00. The zero-order valence-electron chi connectivity index (χ0n) is 11.4. The molecule has 6 nitrogen and oxygen atoms in total. The quantitative estimate of drug-likeness (QED) is 0.733. The number of nitrogens with zero attached hydrogens (tertiary/aromatic N) is 1. The highest BCUT2D eigenvalue weighted by molar-refractivity contribution is 5.85. The van der Waals surface area contributed by atoms with Crippen LogP contribution in [0.1, 0.15) is 12.0 Å². The van der Waals surface area contributed by atoms with Crippen molar-refractivity contribution >= 4 is 18.5 Å². The summed E-state index contributed by atoms with van der Waals surface area (Å²) in [4.78, 5) is 23.5. The number of urea groups is 1. The average molecular weight is 277 g/mol. The lowest BCUT2D eigenvalue weighted by atomic mass is 10.2. The van der Waals surface area contributed by atoms with Crippen LogP contribution in [-0.4, -0.2) is 37.5 Å². The summed E-state index contributed by atoms with van der Waals surface area (Å²) in [5.41, 5.74) is 6.21. The predicted molar refractivity (Wildman–Crippen MR) is 77.0 cm³/mol. The van der Waals surface area contributed by atoms with Crippen LogP contribution in [0.15, 0.2) is 30.5 Å². The lowest BCUT2D eigenvalue weighted by molar-refractivity contribution is -0.115. The standard InChI is InChI=1S/C14H19N3O3/c1-20-13-5-2-4-12(10-13)6-8-16-14(19)17(11-18)9-3-7-15/h2,4-6,8,10-11H,3,7,9,15H2,1H3,(H,16,19)/b8-6+. The first-order valence-corrected chi connectivity index (χ1v) is 6.24. The van der Waals surface area contributed by atoms with Crippen LogP contribution in [0.2, 0.25) is 0 Å². The average Bonchev–Trinajstić information content (AvgIpc) is 2.48. The van der Waals surface area contributed by atoms with E-state index in [1.807, 2.05) is 24.3 Å². The molecule has 1 rings (SSSR count). The first-order valence-electron chi connectivity index (χ1n) is 6.24. The second kappa shape index (κ2) is 8.71. The first kappa shape index (κ1) is 15.7. The van der Waals surface area contributed by atoms with Gasteiger partial charge in [-0.1, -0.05) is 12.1 Å². The summed E-state index contributed by atoms with van der Waals surface area (Å²) in [6, 6.07) is 6.90. The molecule has 0 unspecified atom stereocenters. The molecule has 0 spiro atoms. The molecule has 6 heteroatoms. The molecule has 3 amide bonds. The molecule has 0 fully saturated rings. The molecule has 0 radical (unpaired) electrons. The van der Waals surface area contributed by atoms with E-state index in [1.165, 1.54) is 6.20 Å². The second-order valence-corrected chi connectivity index (χ2v) is 4.00. The van der Waals surface area contributed by atoms with E-state index in [0.29, 0.717) is 25.9 Å². The Bertz CT molecular complexity index is 474. The van der Waals surface area contributed by atoms with Crippen LogP contribution in [-0.2, 0) is 4.79 Å². The van der Waals surface area contributed by atoms with Gasteiger partial charge in [0, 0.05) is 12.7 Å². The highest BCUT2D eigenvalue weighted by Gasteiger charge is 2.09. The van der Waals surface area contributed by atoms with E-state index in [4.69, 9.17) is 10.5 Å². The van der Waals surface area contributed by atoms with Crippen LogP contribution in [0.5, 0.6) is 5.75 Å². The van der Waals surface area contributed by atoms with Crippen molar-refractivity contribution in [1.29, 1.82) is 0 Å². The van der Waals surface area contributed by atoms with Gasteiger partial charge in [-0.2, -0.15) is 0 Å². The maximum absolute atomic E-state index is 11.7. The van der Waals surface area contributed by atoms with Gasteiger partial charge in [0.15, 0.2) is 0 Å². The van der Waals surface area contributed by atoms with Gasteiger partial charge in [-0.15, -0.1) is 0 Å². The molecule has 3 N–H and O–H groups in total. The molecule has 20 heavy (non-hydrogen) atoms. The van der Waals surface area contributed by atoms with E-state index >= 15 is 0 Å². The fraction of sp³-hybridized carbons (Fsp3) is 0.286. The summed E-state index contributed by atoms with van der Waals surface area (Å²) in [7, 11) is 1.59. The zero-order chi connectivity index (χ0) is 14.8. The minimum absolute atomic E-state index is 0.304. The van der Waals surface area contributed by atoms with Crippen molar-refractivity contribution in [2.24, 2.45) is 5.73 Å². The number of carbonyl (C=O) groups excluding carboxylic acids is 2. The Labute approximate surface area is 118 Å². The molecule has 0 atom stereocenters. The molecular weight excluding hydrogens is 258 g/mol. The highest BCUT2D eigenvalue weighted by atomic mass is 16.5. The lowest BCUT2D eigenvalue weighted by Gasteiger charge is -2.13. The van der Waals surface area contributed by atoms with E-state index in [1.54, 1.807) is 13.2 Å². The summed E-state index contributed by atoms with van der Waals surface area (Å²) in [6.45, 7) is 0.732. The third kappa shape index (κ3) is 5.11. The summed E-state index contributed by atoms with van der Waals surface area (Å²) < 4.78 is 5.09. The number of ether oxygens (including phenoxy) is 1. The fourth-order valence-electron chi connectivity index (χ4n) is 1.50. The van der Waals surface area contributed by atoms with Crippen LogP contribution in [0.25, 0.3) is 6.08 Å². The van der Waals surface area contributed by atoms with Crippen LogP contribution in [0.4, 0.5) is 4.79 Å². The minimum Gasteiger partial charge on any atom is -0.497 e. The van der Waals surface area contributed by atoms with Gasteiger partial charge in [0.1, 0.15) is 5.75 Å². The molecule has 0 aromatic heterocycles. The Hall–Kier alpha value is -2.34. The Kier molecular flexibility index (Phi) is 6.84. The van der Waals surface area contributed by atoms with Gasteiger partial charge in [-0.25, -0.2) is 4.79 Å². The molecule has 0 aliphatic heterocycles. The van der Waals surface area contributed by atoms with Crippen LogP contribution in [0.3, 0.4) is 0 Å². The van der Waals surface area contributed by atoms with Crippen LogP contribution in [0, 0.1) is 0 Å². The minimum atomic E-state index is -0.479. The van der Waals surface area contributed by atoms with Crippen molar-refractivity contribution in [3.63, 3.8) is 0 Å². The zero-order valence-corrected chi connectivity index (χ0v) is 11.4. The van der Waals surface area contributed by atoms with E-state index < -0.39 is 6.03 Å². The van der Waals surface area contributed by atoms with Crippen molar-refractivity contribution in [3.05, 3.63) is 36.0 Å². The molecule has 108 valence electrons. The van der Waals surface area contributed by atoms with Crippen LogP contribution < -0.4 is 15.8 Å². The smallest absolute Gasteiger partial charge is 0.327 e. The highest BCUT2D eigenvalue weighted by Crippen LogP contribution is 2.13. The normalized spacial score (nSPS) is 10.3. The lowest BCUT2D eigenvalue weighted by Crippen LogP contribution is -2.37. The van der Waals surface area contributed by atoms with E-state index in [-0.39, 0.29) is 0 Å². The third-order valence-electron chi connectivity index (χ3n) is 2.57. The molecule has 0 heterocycles. The fourth-order valence-corrected chi connectivity index (χ4v) is 1.50. The van der Waals surface area contributed by atoms with Crippen molar-refractivity contribution in [1.82, 2.24) is 10.2 Å². The molecular formula is C14H19N3O3. The number of imide groups is 1. The first-order chi connectivity index (χ1) is 9.71. The number of benzene rings is 1. The number of hydrogen-bond donors (Lipinski definition) is 2. The number of hydrogen-bond acceptors (Lipinski definition) is 4. The summed E-state index contributed by atoms with van der Waals surface area (Å²) >= 11 is 0. The summed E-state index contributed by atoms with van der Waals surface area (Å²) in [5.74, 6) is 0.732.